The Kier molecular flexibility index (Phi) is 3.81. The molecule has 2 rings (SSSR count). The molecule has 1 aromatic carbocycles. The van der Waals surface area contributed by atoms with E-state index in [0.29, 0.717) is 9.86 Å². The Labute approximate surface area is 121 Å². The van der Waals surface area contributed by atoms with Crippen LogP contribution in [-0.2, 0) is 0 Å². The molecule has 0 atom stereocenters. The standard InChI is InChI=1S/C15H18BrFN2/c1-7(2)11-9(4)19-14-8(3)6-10(16)13(17)12(14)15(11)18-5/h6-7H,1-5H3,(H,18,19). The van der Waals surface area contributed by atoms with Crippen LogP contribution in [-0.4, -0.2) is 12.0 Å². The average Bonchev–Trinajstić information content (AvgIpc) is 2.34. The third-order valence-corrected chi connectivity index (χ3v) is 3.98. The molecule has 0 radical (unpaired) electrons. The second-order valence-electron chi connectivity index (χ2n) is 5.10. The van der Waals surface area contributed by atoms with Gasteiger partial charge < -0.3 is 5.32 Å². The quantitative estimate of drug-likeness (QED) is 0.848. The van der Waals surface area contributed by atoms with Gasteiger partial charge in [0.15, 0.2) is 0 Å². The first-order valence-corrected chi connectivity index (χ1v) is 7.14. The number of hydrogen-bond acceptors (Lipinski definition) is 2. The van der Waals surface area contributed by atoms with Crippen LogP contribution in [0.2, 0.25) is 0 Å². The summed E-state index contributed by atoms with van der Waals surface area (Å²) in [7, 11) is 1.83. The maximum atomic E-state index is 14.5. The van der Waals surface area contributed by atoms with Crippen molar-refractivity contribution in [2.45, 2.75) is 33.6 Å². The molecule has 2 aromatic rings. The van der Waals surface area contributed by atoms with Gasteiger partial charge >= 0.3 is 0 Å². The van der Waals surface area contributed by atoms with Gasteiger partial charge in [-0.1, -0.05) is 13.8 Å². The molecule has 4 heteroatoms. The highest BCUT2D eigenvalue weighted by atomic mass is 79.9. The van der Waals surface area contributed by atoms with Gasteiger partial charge in [0, 0.05) is 12.7 Å². The number of rotatable bonds is 2. The van der Waals surface area contributed by atoms with Gasteiger partial charge in [-0.15, -0.1) is 0 Å². The maximum absolute atomic E-state index is 14.5. The first-order valence-electron chi connectivity index (χ1n) is 6.35. The van der Waals surface area contributed by atoms with E-state index in [9.17, 15) is 4.39 Å². The Morgan fingerprint density at radius 1 is 1.32 bits per heavy atom. The number of hydrogen-bond donors (Lipinski definition) is 1. The molecule has 2 nitrogen and oxygen atoms in total. The Hall–Kier alpha value is -1.16. The van der Waals surface area contributed by atoms with Gasteiger partial charge in [0.2, 0.25) is 0 Å². The van der Waals surface area contributed by atoms with Gasteiger partial charge in [-0.3, -0.25) is 4.98 Å². The number of benzene rings is 1. The Morgan fingerprint density at radius 2 is 1.95 bits per heavy atom. The smallest absolute Gasteiger partial charge is 0.148 e. The average molecular weight is 325 g/mol. The Morgan fingerprint density at radius 3 is 2.47 bits per heavy atom. The molecule has 0 amide bonds. The molecule has 0 aliphatic carbocycles. The molecule has 1 N–H and O–H groups in total. The molecule has 19 heavy (non-hydrogen) atoms. The summed E-state index contributed by atoms with van der Waals surface area (Å²) in [6.07, 6.45) is 0. The first-order chi connectivity index (χ1) is 8.88. The van der Waals surface area contributed by atoms with Gasteiger partial charge in [-0.2, -0.15) is 0 Å². The third kappa shape index (κ3) is 2.22. The summed E-state index contributed by atoms with van der Waals surface area (Å²) < 4.78 is 15.0. The number of aromatic nitrogens is 1. The number of halogens is 2. The van der Waals surface area contributed by atoms with Crippen LogP contribution in [0.3, 0.4) is 0 Å². The Bertz CT molecular complexity index is 651. The van der Waals surface area contributed by atoms with Crippen molar-refractivity contribution in [3.8, 4) is 0 Å². The van der Waals surface area contributed by atoms with Crippen molar-refractivity contribution in [2.24, 2.45) is 0 Å². The summed E-state index contributed by atoms with van der Waals surface area (Å²) >= 11 is 3.28. The van der Waals surface area contributed by atoms with Crippen LogP contribution in [0, 0.1) is 19.7 Å². The predicted molar refractivity (Wildman–Crippen MR) is 82.5 cm³/mol. The van der Waals surface area contributed by atoms with E-state index in [1.807, 2.05) is 20.9 Å². The number of aryl methyl sites for hydroxylation is 2. The summed E-state index contributed by atoms with van der Waals surface area (Å²) in [6.45, 7) is 8.13. The van der Waals surface area contributed by atoms with Crippen molar-refractivity contribution in [3.05, 3.63) is 33.2 Å². The van der Waals surface area contributed by atoms with Crippen LogP contribution < -0.4 is 5.32 Å². The van der Waals surface area contributed by atoms with Gasteiger partial charge in [0.05, 0.1) is 21.1 Å². The predicted octanol–water partition coefficient (Wildman–Crippen LogP) is 4.92. The van der Waals surface area contributed by atoms with Crippen LogP contribution in [0.5, 0.6) is 0 Å². The summed E-state index contributed by atoms with van der Waals surface area (Å²) in [6, 6.07) is 1.78. The molecule has 0 aliphatic rings. The highest BCUT2D eigenvalue weighted by molar-refractivity contribution is 9.10. The summed E-state index contributed by atoms with van der Waals surface area (Å²) in [5, 5.41) is 3.73. The van der Waals surface area contributed by atoms with E-state index in [1.165, 1.54) is 0 Å². The van der Waals surface area contributed by atoms with E-state index < -0.39 is 0 Å². The molecule has 1 heterocycles. The molecule has 0 bridgehead atoms. The molecular formula is C15H18BrFN2. The fraction of sp³-hybridized carbons (Fsp3) is 0.400. The number of fused-ring (bicyclic) bond motifs is 1. The summed E-state index contributed by atoms with van der Waals surface area (Å²) in [5.41, 5.74) is 4.58. The number of nitrogens with one attached hydrogen (secondary N) is 1. The fourth-order valence-electron chi connectivity index (χ4n) is 2.62. The Balaban J connectivity index is 3.04. The zero-order valence-electron chi connectivity index (χ0n) is 11.9. The normalized spacial score (nSPS) is 11.4. The number of pyridine rings is 1. The largest absolute Gasteiger partial charge is 0.387 e. The lowest BCUT2D eigenvalue weighted by Gasteiger charge is -2.19. The van der Waals surface area contributed by atoms with Gasteiger partial charge in [-0.05, 0) is 52.9 Å². The lowest BCUT2D eigenvalue weighted by molar-refractivity contribution is 0.632. The lowest BCUT2D eigenvalue weighted by atomic mass is 9.95. The fourth-order valence-corrected chi connectivity index (χ4v) is 3.17. The molecule has 0 unspecified atom stereocenters. The molecule has 0 saturated carbocycles. The zero-order valence-corrected chi connectivity index (χ0v) is 13.4. The van der Waals surface area contributed by atoms with E-state index in [4.69, 9.17) is 0 Å². The lowest BCUT2D eigenvalue weighted by Crippen LogP contribution is -2.06. The zero-order chi connectivity index (χ0) is 14.3. The molecule has 0 aliphatic heterocycles. The highest BCUT2D eigenvalue weighted by Crippen LogP contribution is 2.38. The molecule has 102 valence electrons. The van der Waals surface area contributed by atoms with Crippen molar-refractivity contribution < 1.29 is 4.39 Å². The first kappa shape index (κ1) is 14.3. The van der Waals surface area contributed by atoms with Crippen molar-refractivity contribution in [2.75, 3.05) is 12.4 Å². The highest BCUT2D eigenvalue weighted by Gasteiger charge is 2.20. The van der Waals surface area contributed by atoms with Crippen LogP contribution in [0.25, 0.3) is 10.9 Å². The van der Waals surface area contributed by atoms with E-state index in [2.05, 4.69) is 40.1 Å². The van der Waals surface area contributed by atoms with Crippen LogP contribution in [0.4, 0.5) is 10.1 Å². The maximum Gasteiger partial charge on any atom is 0.148 e. The molecule has 0 saturated heterocycles. The molecule has 0 fully saturated rings. The van der Waals surface area contributed by atoms with E-state index in [0.717, 1.165) is 28.0 Å². The summed E-state index contributed by atoms with van der Waals surface area (Å²) in [4.78, 5) is 4.61. The minimum absolute atomic E-state index is 0.251. The van der Waals surface area contributed by atoms with Crippen LogP contribution >= 0.6 is 15.9 Å². The van der Waals surface area contributed by atoms with Crippen molar-refractivity contribution in [3.63, 3.8) is 0 Å². The molecular weight excluding hydrogens is 307 g/mol. The second kappa shape index (κ2) is 5.08. The topological polar surface area (TPSA) is 24.9 Å². The van der Waals surface area contributed by atoms with Crippen molar-refractivity contribution >= 4 is 32.5 Å². The minimum Gasteiger partial charge on any atom is -0.387 e. The minimum atomic E-state index is -0.251. The SMILES string of the molecule is CNc1c(C(C)C)c(C)nc2c(C)cc(Br)c(F)c12. The van der Waals surface area contributed by atoms with Crippen LogP contribution in [0.1, 0.15) is 36.6 Å². The number of nitrogens with zero attached hydrogens (tertiary/aromatic N) is 1. The van der Waals surface area contributed by atoms with Gasteiger partial charge in [-0.25, -0.2) is 4.39 Å². The van der Waals surface area contributed by atoms with Crippen molar-refractivity contribution in [1.82, 2.24) is 4.98 Å². The van der Waals surface area contributed by atoms with E-state index in [-0.39, 0.29) is 11.7 Å². The van der Waals surface area contributed by atoms with Gasteiger partial charge in [0.1, 0.15) is 5.82 Å². The second-order valence-corrected chi connectivity index (χ2v) is 5.96. The molecule has 1 aromatic heterocycles. The third-order valence-electron chi connectivity index (χ3n) is 3.40. The van der Waals surface area contributed by atoms with Crippen molar-refractivity contribution in [1.29, 1.82) is 0 Å². The summed E-state index contributed by atoms with van der Waals surface area (Å²) in [5.74, 6) is 0.0392. The van der Waals surface area contributed by atoms with E-state index in [1.54, 1.807) is 6.07 Å². The van der Waals surface area contributed by atoms with Crippen LogP contribution in [0.15, 0.2) is 10.5 Å². The molecule has 0 spiro atoms. The van der Waals surface area contributed by atoms with Gasteiger partial charge in [0.25, 0.3) is 0 Å². The monoisotopic (exact) mass is 324 g/mol. The van der Waals surface area contributed by atoms with E-state index >= 15 is 0 Å². The number of anilines is 1.